The van der Waals surface area contributed by atoms with Crippen molar-refractivity contribution in [2.75, 3.05) is 33.2 Å². The number of hydrogen-bond donors (Lipinski definition) is 1. The lowest BCUT2D eigenvalue weighted by Gasteiger charge is -2.21. The highest BCUT2D eigenvalue weighted by molar-refractivity contribution is 5.94. The minimum atomic E-state index is -0.237. The van der Waals surface area contributed by atoms with Gasteiger partial charge >= 0.3 is 6.03 Å². The van der Waals surface area contributed by atoms with Crippen LogP contribution in [-0.2, 0) is 6.54 Å². The molecule has 2 atom stereocenters. The predicted molar refractivity (Wildman–Crippen MR) is 101 cm³/mol. The van der Waals surface area contributed by atoms with Crippen molar-refractivity contribution in [2.45, 2.75) is 13.5 Å². The average molecular weight is 367 g/mol. The van der Waals surface area contributed by atoms with Gasteiger partial charge in [0.05, 0.1) is 11.8 Å². The van der Waals surface area contributed by atoms with Crippen LogP contribution in [0.25, 0.3) is 0 Å². The summed E-state index contributed by atoms with van der Waals surface area (Å²) >= 11 is 0. The standard InChI is InChI=1S/C20H25N5O2/c1-14-3-5-15(6-4-14)8-23-9-17-11-24(12-18(17)10-23)20(27)25-13-16(7-22-25)19(26)21-2/h3-7,13,17-18H,8-12H2,1-2H3,(H,21,26). The molecule has 1 aromatic carbocycles. The summed E-state index contributed by atoms with van der Waals surface area (Å²) < 4.78 is 1.27. The molecule has 2 aliphatic heterocycles. The van der Waals surface area contributed by atoms with Gasteiger partial charge in [-0.05, 0) is 24.3 Å². The largest absolute Gasteiger partial charge is 0.355 e. The molecule has 2 fully saturated rings. The Balaban J connectivity index is 1.34. The summed E-state index contributed by atoms with van der Waals surface area (Å²) in [5, 5.41) is 6.60. The van der Waals surface area contributed by atoms with Crippen LogP contribution in [0.1, 0.15) is 21.5 Å². The monoisotopic (exact) mass is 367 g/mol. The maximum absolute atomic E-state index is 12.7. The number of amides is 2. The maximum Gasteiger partial charge on any atom is 0.344 e. The number of hydrogen-bond acceptors (Lipinski definition) is 4. The van der Waals surface area contributed by atoms with Gasteiger partial charge in [0.15, 0.2) is 0 Å². The SMILES string of the molecule is CNC(=O)c1cnn(C(=O)N2CC3CN(Cc4ccc(C)cc4)CC3C2)c1. The Labute approximate surface area is 158 Å². The second-order valence-corrected chi connectivity index (χ2v) is 7.64. The van der Waals surface area contributed by atoms with E-state index in [-0.39, 0.29) is 11.9 Å². The van der Waals surface area contributed by atoms with Crippen molar-refractivity contribution >= 4 is 11.9 Å². The van der Waals surface area contributed by atoms with E-state index >= 15 is 0 Å². The van der Waals surface area contributed by atoms with Crippen molar-refractivity contribution in [1.29, 1.82) is 0 Å². The molecule has 7 heteroatoms. The van der Waals surface area contributed by atoms with Crippen LogP contribution in [0, 0.1) is 18.8 Å². The number of carbonyl (C=O) groups excluding carboxylic acids is 2. The summed E-state index contributed by atoms with van der Waals surface area (Å²) in [5.74, 6) is 0.779. The third-order valence-electron chi connectivity index (χ3n) is 5.63. The normalized spacial score (nSPS) is 22.1. The summed E-state index contributed by atoms with van der Waals surface area (Å²) in [4.78, 5) is 28.7. The Hall–Kier alpha value is -2.67. The Kier molecular flexibility index (Phi) is 4.70. The van der Waals surface area contributed by atoms with Gasteiger partial charge in [0.25, 0.3) is 5.91 Å². The summed E-state index contributed by atoms with van der Waals surface area (Å²) in [6.45, 7) is 6.62. The van der Waals surface area contributed by atoms with E-state index in [1.165, 1.54) is 28.2 Å². The zero-order chi connectivity index (χ0) is 19.0. The van der Waals surface area contributed by atoms with Crippen LogP contribution in [0.15, 0.2) is 36.7 Å². The molecule has 2 aliphatic rings. The molecule has 0 aliphatic carbocycles. The van der Waals surface area contributed by atoms with Crippen LogP contribution in [0.5, 0.6) is 0 Å². The maximum atomic E-state index is 12.7. The number of aryl methyl sites for hydroxylation is 1. The van der Waals surface area contributed by atoms with Crippen LogP contribution in [-0.4, -0.2) is 64.7 Å². The minimum absolute atomic E-state index is 0.148. The molecule has 7 nitrogen and oxygen atoms in total. The minimum Gasteiger partial charge on any atom is -0.355 e. The smallest absolute Gasteiger partial charge is 0.344 e. The molecule has 27 heavy (non-hydrogen) atoms. The van der Waals surface area contributed by atoms with Crippen LogP contribution in [0.3, 0.4) is 0 Å². The number of nitrogens with one attached hydrogen (secondary N) is 1. The van der Waals surface area contributed by atoms with Crippen molar-refractivity contribution in [3.8, 4) is 0 Å². The fourth-order valence-electron chi connectivity index (χ4n) is 4.16. The molecule has 0 bridgehead atoms. The topological polar surface area (TPSA) is 70.5 Å². The van der Waals surface area contributed by atoms with E-state index in [2.05, 4.69) is 46.5 Å². The van der Waals surface area contributed by atoms with Gasteiger partial charge in [-0.15, -0.1) is 0 Å². The lowest BCUT2D eigenvalue weighted by Crippen LogP contribution is -2.36. The van der Waals surface area contributed by atoms with Crippen LogP contribution in [0.2, 0.25) is 0 Å². The molecular formula is C20H25N5O2. The van der Waals surface area contributed by atoms with Gasteiger partial charge in [-0.3, -0.25) is 9.69 Å². The second-order valence-electron chi connectivity index (χ2n) is 7.64. The van der Waals surface area contributed by atoms with Crippen LogP contribution in [0.4, 0.5) is 4.79 Å². The van der Waals surface area contributed by atoms with E-state index in [1.807, 2.05) is 4.90 Å². The summed E-state index contributed by atoms with van der Waals surface area (Å²) in [5.41, 5.74) is 3.02. The highest BCUT2D eigenvalue weighted by Crippen LogP contribution is 2.32. The van der Waals surface area contributed by atoms with Crippen molar-refractivity contribution in [1.82, 2.24) is 24.9 Å². The van der Waals surface area contributed by atoms with Crippen molar-refractivity contribution < 1.29 is 9.59 Å². The Morgan fingerprint density at radius 2 is 1.78 bits per heavy atom. The first-order valence-electron chi connectivity index (χ1n) is 9.37. The van der Waals surface area contributed by atoms with Crippen molar-refractivity contribution in [3.05, 3.63) is 53.3 Å². The van der Waals surface area contributed by atoms with Crippen LogP contribution < -0.4 is 5.32 Å². The third kappa shape index (κ3) is 3.60. The molecule has 3 heterocycles. The van der Waals surface area contributed by atoms with Crippen LogP contribution >= 0.6 is 0 Å². The quantitative estimate of drug-likeness (QED) is 0.894. The lowest BCUT2D eigenvalue weighted by atomic mass is 10.0. The molecular weight excluding hydrogens is 342 g/mol. The fraction of sp³-hybridized carbons (Fsp3) is 0.450. The van der Waals surface area contributed by atoms with Gasteiger partial charge in [0.2, 0.25) is 0 Å². The number of fused-ring (bicyclic) bond motifs is 1. The van der Waals surface area contributed by atoms with Crippen molar-refractivity contribution in [3.63, 3.8) is 0 Å². The number of nitrogens with zero attached hydrogens (tertiary/aromatic N) is 4. The average Bonchev–Trinajstić information content (AvgIpc) is 3.37. The first-order chi connectivity index (χ1) is 13.0. The van der Waals surface area contributed by atoms with E-state index in [0.29, 0.717) is 17.4 Å². The molecule has 2 saturated heterocycles. The van der Waals surface area contributed by atoms with E-state index in [4.69, 9.17) is 0 Å². The highest BCUT2D eigenvalue weighted by atomic mass is 16.2. The van der Waals surface area contributed by atoms with E-state index in [0.717, 1.165) is 32.7 Å². The lowest BCUT2D eigenvalue weighted by molar-refractivity contribution is 0.0963. The fourth-order valence-corrected chi connectivity index (χ4v) is 4.16. The molecule has 0 spiro atoms. The van der Waals surface area contributed by atoms with Gasteiger partial charge in [-0.1, -0.05) is 29.8 Å². The predicted octanol–water partition coefficient (Wildman–Crippen LogP) is 1.58. The first kappa shape index (κ1) is 17.7. The molecule has 1 N–H and O–H groups in total. The summed E-state index contributed by atoms with van der Waals surface area (Å²) in [6, 6.07) is 8.56. The molecule has 2 aromatic rings. The Morgan fingerprint density at radius 1 is 1.11 bits per heavy atom. The molecule has 2 amide bonds. The molecule has 0 radical (unpaired) electrons. The van der Waals surface area contributed by atoms with Gasteiger partial charge in [0, 0.05) is 46.0 Å². The summed E-state index contributed by atoms with van der Waals surface area (Å²) in [6.07, 6.45) is 2.93. The van der Waals surface area contributed by atoms with Gasteiger partial charge < -0.3 is 10.2 Å². The zero-order valence-electron chi connectivity index (χ0n) is 15.8. The number of carbonyl (C=O) groups is 2. The number of aromatic nitrogens is 2. The second kappa shape index (κ2) is 7.15. The van der Waals surface area contributed by atoms with E-state index in [9.17, 15) is 9.59 Å². The Morgan fingerprint density at radius 3 is 2.41 bits per heavy atom. The van der Waals surface area contributed by atoms with Gasteiger partial charge in [0.1, 0.15) is 0 Å². The highest BCUT2D eigenvalue weighted by Gasteiger charge is 2.41. The van der Waals surface area contributed by atoms with E-state index < -0.39 is 0 Å². The molecule has 1 aromatic heterocycles. The number of likely N-dealkylation sites (tertiary alicyclic amines) is 2. The van der Waals surface area contributed by atoms with E-state index in [1.54, 1.807) is 7.05 Å². The molecule has 4 rings (SSSR count). The molecule has 0 saturated carbocycles. The third-order valence-corrected chi connectivity index (χ3v) is 5.63. The van der Waals surface area contributed by atoms with Gasteiger partial charge in [-0.25, -0.2) is 4.79 Å². The summed E-state index contributed by atoms with van der Waals surface area (Å²) in [7, 11) is 1.56. The molecule has 2 unspecified atom stereocenters. The Bertz CT molecular complexity index is 830. The number of benzene rings is 1. The van der Waals surface area contributed by atoms with Crippen molar-refractivity contribution in [2.24, 2.45) is 11.8 Å². The molecule has 142 valence electrons. The zero-order valence-corrected chi connectivity index (χ0v) is 15.8. The first-order valence-corrected chi connectivity index (χ1v) is 9.37. The number of rotatable bonds is 3. The van der Waals surface area contributed by atoms with Gasteiger partial charge in [-0.2, -0.15) is 9.78 Å².